The Balaban J connectivity index is 1.29. The van der Waals surface area contributed by atoms with Crippen LogP contribution in [-0.2, 0) is 16.1 Å². The minimum Gasteiger partial charge on any atom is -0.378 e. The second-order valence-corrected chi connectivity index (χ2v) is 6.41. The molecular weight excluding hydrogens is 308 g/mol. The summed E-state index contributed by atoms with van der Waals surface area (Å²) < 4.78 is 5.13. The van der Waals surface area contributed by atoms with Crippen LogP contribution in [0, 0.1) is 6.92 Å². The van der Waals surface area contributed by atoms with Crippen molar-refractivity contribution in [2.24, 2.45) is 0 Å². The van der Waals surface area contributed by atoms with Gasteiger partial charge in [0, 0.05) is 24.7 Å². The molecule has 2 fully saturated rings. The van der Waals surface area contributed by atoms with Gasteiger partial charge < -0.3 is 15.0 Å². The van der Waals surface area contributed by atoms with Gasteiger partial charge in [0.1, 0.15) is 6.54 Å². The zero-order chi connectivity index (χ0) is 16.5. The third kappa shape index (κ3) is 3.15. The van der Waals surface area contributed by atoms with E-state index in [2.05, 4.69) is 20.7 Å². The number of carbonyl (C=O) groups is 1. The van der Waals surface area contributed by atoms with E-state index in [4.69, 9.17) is 4.74 Å². The van der Waals surface area contributed by atoms with Crippen molar-refractivity contribution in [1.82, 2.24) is 30.4 Å². The zero-order valence-corrected chi connectivity index (χ0v) is 13.6. The highest BCUT2D eigenvalue weighted by atomic mass is 16.5. The van der Waals surface area contributed by atoms with Gasteiger partial charge in [0.25, 0.3) is 0 Å². The summed E-state index contributed by atoms with van der Waals surface area (Å²) >= 11 is 0. The molecule has 2 aromatic rings. The Labute approximate surface area is 139 Å². The van der Waals surface area contributed by atoms with E-state index in [1.807, 2.05) is 36.1 Å². The fraction of sp³-hybridized carbons (Fsp3) is 0.500. The quantitative estimate of drug-likeness (QED) is 0.821. The van der Waals surface area contributed by atoms with E-state index >= 15 is 0 Å². The normalized spacial score (nSPS) is 18.3. The largest absolute Gasteiger partial charge is 0.378 e. The van der Waals surface area contributed by atoms with Gasteiger partial charge in [-0.05, 0) is 12.1 Å². The number of amides is 1. The summed E-state index contributed by atoms with van der Waals surface area (Å²) in [6.45, 7) is 5.16. The standard InChI is InChI=1S/C16H20N6O2/c1-11-2-4-12(5-3-11)16-18-20-22(19-16)8-15(23)21-6-13(7-21)17-14-9-24-10-14/h2-5,13-14,17H,6-10H2,1H3. The van der Waals surface area contributed by atoms with Crippen molar-refractivity contribution in [1.29, 1.82) is 0 Å². The summed E-state index contributed by atoms with van der Waals surface area (Å²) in [6.07, 6.45) is 0. The maximum Gasteiger partial charge on any atom is 0.246 e. The SMILES string of the molecule is Cc1ccc(-c2nnn(CC(=O)N3CC(NC4COC4)C3)n2)cc1. The molecule has 0 spiro atoms. The molecule has 0 aliphatic carbocycles. The van der Waals surface area contributed by atoms with Crippen LogP contribution in [-0.4, -0.2) is 69.4 Å². The third-order valence-corrected chi connectivity index (χ3v) is 4.38. The molecule has 126 valence electrons. The smallest absolute Gasteiger partial charge is 0.246 e. The summed E-state index contributed by atoms with van der Waals surface area (Å²) in [5, 5.41) is 15.8. The first-order chi connectivity index (χ1) is 11.7. The summed E-state index contributed by atoms with van der Waals surface area (Å²) in [5.74, 6) is 0.557. The van der Waals surface area contributed by atoms with E-state index in [9.17, 15) is 4.79 Å². The molecule has 0 atom stereocenters. The Hall–Kier alpha value is -2.32. The number of likely N-dealkylation sites (tertiary alicyclic amines) is 1. The Bertz CT molecular complexity index is 718. The van der Waals surface area contributed by atoms with E-state index < -0.39 is 0 Å². The Morgan fingerprint density at radius 2 is 2.00 bits per heavy atom. The van der Waals surface area contributed by atoms with Gasteiger partial charge in [-0.15, -0.1) is 10.2 Å². The zero-order valence-electron chi connectivity index (χ0n) is 13.6. The lowest BCUT2D eigenvalue weighted by Gasteiger charge is -2.43. The summed E-state index contributed by atoms with van der Waals surface area (Å²) in [6, 6.07) is 8.72. The van der Waals surface area contributed by atoms with Gasteiger partial charge in [-0.1, -0.05) is 29.8 Å². The number of nitrogens with one attached hydrogen (secondary N) is 1. The van der Waals surface area contributed by atoms with E-state index in [1.54, 1.807) is 0 Å². The van der Waals surface area contributed by atoms with Gasteiger partial charge >= 0.3 is 0 Å². The number of carbonyl (C=O) groups excluding carboxylic acids is 1. The number of benzene rings is 1. The number of ether oxygens (including phenoxy) is 1. The van der Waals surface area contributed by atoms with Crippen LogP contribution in [0.25, 0.3) is 11.4 Å². The lowest BCUT2D eigenvalue weighted by Crippen LogP contribution is -2.64. The van der Waals surface area contributed by atoms with Crippen LogP contribution in [0.5, 0.6) is 0 Å². The predicted molar refractivity (Wildman–Crippen MR) is 86.1 cm³/mol. The predicted octanol–water partition coefficient (Wildman–Crippen LogP) is -0.152. The van der Waals surface area contributed by atoms with Crippen molar-refractivity contribution in [3.05, 3.63) is 29.8 Å². The number of aromatic nitrogens is 4. The average Bonchev–Trinajstić information content (AvgIpc) is 2.93. The molecule has 0 radical (unpaired) electrons. The van der Waals surface area contributed by atoms with Crippen molar-refractivity contribution in [2.45, 2.75) is 25.6 Å². The number of hydrogen-bond donors (Lipinski definition) is 1. The Morgan fingerprint density at radius 3 is 2.67 bits per heavy atom. The van der Waals surface area contributed by atoms with Crippen LogP contribution in [0.1, 0.15) is 5.56 Å². The van der Waals surface area contributed by atoms with Crippen LogP contribution in [0.3, 0.4) is 0 Å². The molecule has 24 heavy (non-hydrogen) atoms. The van der Waals surface area contributed by atoms with Gasteiger partial charge in [0.15, 0.2) is 0 Å². The minimum absolute atomic E-state index is 0.0192. The summed E-state index contributed by atoms with van der Waals surface area (Å²) in [5.41, 5.74) is 2.07. The first-order valence-corrected chi connectivity index (χ1v) is 8.14. The van der Waals surface area contributed by atoms with Crippen molar-refractivity contribution in [2.75, 3.05) is 26.3 Å². The van der Waals surface area contributed by atoms with E-state index in [0.717, 1.165) is 31.9 Å². The van der Waals surface area contributed by atoms with Crippen LogP contribution in [0.4, 0.5) is 0 Å². The highest BCUT2D eigenvalue weighted by molar-refractivity contribution is 5.76. The van der Waals surface area contributed by atoms with Crippen molar-refractivity contribution in [3.8, 4) is 11.4 Å². The average molecular weight is 328 g/mol. The molecule has 1 amide bonds. The highest BCUT2D eigenvalue weighted by Gasteiger charge is 2.33. The van der Waals surface area contributed by atoms with Crippen molar-refractivity contribution < 1.29 is 9.53 Å². The number of hydrogen-bond acceptors (Lipinski definition) is 6. The monoisotopic (exact) mass is 328 g/mol. The molecule has 4 rings (SSSR count). The molecule has 2 aliphatic heterocycles. The molecule has 3 heterocycles. The van der Waals surface area contributed by atoms with Gasteiger partial charge in [-0.3, -0.25) is 4.79 Å². The van der Waals surface area contributed by atoms with Gasteiger partial charge in [-0.2, -0.15) is 4.80 Å². The molecule has 1 aromatic carbocycles. The molecule has 1 N–H and O–H groups in total. The molecule has 0 bridgehead atoms. The van der Waals surface area contributed by atoms with Crippen LogP contribution in [0.15, 0.2) is 24.3 Å². The Kier molecular flexibility index (Phi) is 3.99. The maximum absolute atomic E-state index is 12.2. The van der Waals surface area contributed by atoms with E-state index in [1.165, 1.54) is 10.4 Å². The molecule has 0 saturated carbocycles. The van der Waals surface area contributed by atoms with Crippen LogP contribution < -0.4 is 5.32 Å². The van der Waals surface area contributed by atoms with Crippen LogP contribution >= 0.6 is 0 Å². The maximum atomic E-state index is 12.2. The van der Waals surface area contributed by atoms with Crippen molar-refractivity contribution >= 4 is 5.91 Å². The fourth-order valence-corrected chi connectivity index (χ4v) is 2.80. The molecule has 0 unspecified atom stereocenters. The molecule has 2 aliphatic rings. The first kappa shape index (κ1) is 15.2. The topological polar surface area (TPSA) is 85.2 Å². The highest BCUT2D eigenvalue weighted by Crippen LogP contribution is 2.15. The molecular formula is C16H20N6O2. The number of nitrogens with zero attached hydrogens (tertiary/aromatic N) is 5. The number of tetrazole rings is 1. The van der Waals surface area contributed by atoms with Gasteiger partial charge in [0.2, 0.25) is 11.7 Å². The number of aryl methyl sites for hydroxylation is 1. The second-order valence-electron chi connectivity index (χ2n) is 6.41. The Morgan fingerprint density at radius 1 is 1.25 bits per heavy atom. The summed E-state index contributed by atoms with van der Waals surface area (Å²) in [4.78, 5) is 15.4. The molecule has 2 saturated heterocycles. The fourth-order valence-electron chi connectivity index (χ4n) is 2.80. The minimum atomic E-state index is 0.0192. The third-order valence-electron chi connectivity index (χ3n) is 4.38. The lowest BCUT2D eigenvalue weighted by molar-refractivity contribution is -0.138. The van der Waals surface area contributed by atoms with Gasteiger partial charge in [0.05, 0.1) is 19.3 Å². The molecule has 8 nitrogen and oxygen atoms in total. The molecule has 8 heteroatoms. The second kappa shape index (κ2) is 6.29. The van der Waals surface area contributed by atoms with Gasteiger partial charge in [-0.25, -0.2) is 0 Å². The first-order valence-electron chi connectivity index (χ1n) is 8.14. The summed E-state index contributed by atoms with van der Waals surface area (Å²) in [7, 11) is 0. The molecule has 1 aromatic heterocycles. The number of rotatable bonds is 5. The van der Waals surface area contributed by atoms with E-state index in [0.29, 0.717) is 17.9 Å². The van der Waals surface area contributed by atoms with E-state index in [-0.39, 0.29) is 12.5 Å². The van der Waals surface area contributed by atoms with Crippen molar-refractivity contribution in [3.63, 3.8) is 0 Å². The van der Waals surface area contributed by atoms with Crippen LogP contribution in [0.2, 0.25) is 0 Å². The lowest BCUT2D eigenvalue weighted by atomic mass is 10.1.